The molecule has 1 aliphatic rings. The minimum atomic E-state index is -0.419. The Kier molecular flexibility index (Phi) is 4.27. The van der Waals surface area contributed by atoms with Crippen LogP contribution in [-0.4, -0.2) is 49.4 Å². The summed E-state index contributed by atoms with van der Waals surface area (Å²) in [5.74, 6) is 0. The third kappa shape index (κ3) is 2.69. The zero-order valence-corrected chi connectivity index (χ0v) is 11.1. The van der Waals surface area contributed by atoms with E-state index in [1.165, 1.54) is 0 Å². The molecule has 2 rings (SSSR count). The second kappa shape index (κ2) is 5.74. The van der Waals surface area contributed by atoms with Gasteiger partial charge >= 0.3 is 7.05 Å². The predicted octanol–water partition coefficient (Wildman–Crippen LogP) is 1.38. The molecule has 1 aromatic carbocycles. The number of hydrogen-bond acceptors (Lipinski definition) is 4. The van der Waals surface area contributed by atoms with Crippen LogP contribution in [0.2, 0.25) is 11.8 Å². The van der Waals surface area contributed by atoms with Gasteiger partial charge in [0, 0.05) is 31.9 Å². The van der Waals surface area contributed by atoms with Crippen LogP contribution in [0.1, 0.15) is 10.4 Å². The Morgan fingerprint density at radius 3 is 2.56 bits per heavy atom. The summed E-state index contributed by atoms with van der Waals surface area (Å²) in [4.78, 5) is 15.2. The van der Waals surface area contributed by atoms with Crippen molar-refractivity contribution in [2.45, 2.75) is 6.82 Å². The molecule has 0 amide bonds. The number of carbonyl (C=O) groups is 1. The number of halogens is 1. The number of rotatable bonds is 3. The van der Waals surface area contributed by atoms with E-state index in [0.29, 0.717) is 10.6 Å². The van der Waals surface area contributed by atoms with Gasteiger partial charge in [-0.2, -0.15) is 0 Å². The second-order valence-corrected chi connectivity index (χ2v) is 4.85. The van der Waals surface area contributed by atoms with E-state index in [2.05, 4.69) is 4.90 Å². The molecule has 1 saturated heterocycles. The van der Waals surface area contributed by atoms with Gasteiger partial charge in [-0.15, -0.1) is 0 Å². The van der Waals surface area contributed by atoms with Crippen LogP contribution < -0.4 is 4.90 Å². The van der Waals surface area contributed by atoms with Crippen molar-refractivity contribution in [3.8, 4) is 0 Å². The third-order valence-electron chi connectivity index (χ3n) is 3.33. The van der Waals surface area contributed by atoms with E-state index in [0.717, 1.165) is 38.2 Å². The van der Waals surface area contributed by atoms with Gasteiger partial charge in [-0.25, -0.2) is 0 Å². The minimum Gasteiger partial charge on any atom is -0.437 e. The summed E-state index contributed by atoms with van der Waals surface area (Å²) in [6.45, 7) is 4.90. The number of anilines is 1. The molecule has 0 spiro atoms. The van der Waals surface area contributed by atoms with Gasteiger partial charge in [-0.05, 0) is 19.0 Å². The van der Waals surface area contributed by atoms with E-state index in [1.807, 2.05) is 16.9 Å². The molecule has 0 unspecified atom stereocenters. The van der Waals surface area contributed by atoms with Crippen molar-refractivity contribution < 1.29 is 9.82 Å². The summed E-state index contributed by atoms with van der Waals surface area (Å²) in [6, 6.07) is 5.49. The zero-order chi connectivity index (χ0) is 13.1. The molecule has 0 bridgehead atoms. The number of carbonyl (C=O) groups excluding carboxylic acids is 1. The largest absolute Gasteiger partial charge is 0.437 e. The minimum absolute atomic E-state index is 0.419. The highest BCUT2D eigenvalue weighted by Gasteiger charge is 2.23. The molecule has 6 heteroatoms. The van der Waals surface area contributed by atoms with Gasteiger partial charge in [0.15, 0.2) is 6.29 Å². The van der Waals surface area contributed by atoms with Crippen molar-refractivity contribution in [3.63, 3.8) is 0 Å². The molecule has 0 atom stereocenters. The molecule has 1 aromatic rings. The highest BCUT2D eigenvalue weighted by Crippen LogP contribution is 2.26. The molecule has 0 radical (unpaired) electrons. The van der Waals surface area contributed by atoms with Gasteiger partial charge in [0.1, 0.15) is 0 Å². The van der Waals surface area contributed by atoms with Crippen LogP contribution in [-0.2, 0) is 0 Å². The van der Waals surface area contributed by atoms with E-state index in [9.17, 15) is 9.82 Å². The van der Waals surface area contributed by atoms with E-state index < -0.39 is 7.05 Å². The van der Waals surface area contributed by atoms with Crippen LogP contribution >= 0.6 is 11.6 Å². The highest BCUT2D eigenvalue weighted by atomic mass is 35.5. The topological polar surface area (TPSA) is 43.8 Å². The lowest BCUT2D eigenvalue weighted by atomic mass is 9.84. The lowest BCUT2D eigenvalue weighted by Gasteiger charge is -2.37. The first-order chi connectivity index (χ1) is 8.63. The average Bonchev–Trinajstić information content (AvgIpc) is 2.38. The fraction of sp³-hybridized carbons (Fsp3) is 0.417. The molecular formula is C12H16BClN2O2. The maximum atomic E-state index is 11.1. The molecule has 1 aliphatic heterocycles. The maximum Gasteiger partial charge on any atom is 0.376 e. The first kappa shape index (κ1) is 13.4. The van der Waals surface area contributed by atoms with Gasteiger partial charge in [-0.1, -0.05) is 17.7 Å². The van der Waals surface area contributed by atoms with Crippen molar-refractivity contribution >= 4 is 30.6 Å². The summed E-state index contributed by atoms with van der Waals surface area (Å²) in [5, 5.41) is 10.00. The second-order valence-electron chi connectivity index (χ2n) is 4.45. The Labute approximate surface area is 112 Å². The van der Waals surface area contributed by atoms with E-state index in [1.54, 1.807) is 12.9 Å². The average molecular weight is 267 g/mol. The monoisotopic (exact) mass is 266 g/mol. The molecule has 0 aromatic heterocycles. The standard InChI is InChI=1S/C12H16BClN2O2/c1-13(18)16-7-5-15(6-8-16)12-4-2-3-11(14)10(12)9-17/h2-4,9,18H,5-8H2,1H3. The Morgan fingerprint density at radius 1 is 1.33 bits per heavy atom. The fourth-order valence-corrected chi connectivity index (χ4v) is 2.47. The van der Waals surface area contributed by atoms with Gasteiger partial charge in [0.05, 0.1) is 10.6 Å². The lowest BCUT2D eigenvalue weighted by Crippen LogP contribution is -2.51. The Morgan fingerprint density at radius 2 is 2.00 bits per heavy atom. The molecular weight excluding hydrogens is 250 g/mol. The number of piperazine rings is 1. The van der Waals surface area contributed by atoms with Crippen molar-refractivity contribution in [3.05, 3.63) is 28.8 Å². The SMILES string of the molecule is CB(O)N1CCN(c2cccc(Cl)c2C=O)CC1. The summed E-state index contributed by atoms with van der Waals surface area (Å²) < 4.78 is 0. The van der Waals surface area contributed by atoms with Crippen LogP contribution in [0.3, 0.4) is 0 Å². The molecule has 96 valence electrons. The predicted molar refractivity (Wildman–Crippen MR) is 74.5 cm³/mol. The number of hydrogen-bond donors (Lipinski definition) is 1. The fourth-order valence-electron chi connectivity index (χ4n) is 2.25. The van der Waals surface area contributed by atoms with E-state index in [-0.39, 0.29) is 0 Å². The maximum absolute atomic E-state index is 11.1. The molecule has 1 N–H and O–H groups in total. The Bertz CT molecular complexity index is 434. The summed E-state index contributed by atoms with van der Waals surface area (Å²) in [7, 11) is -0.419. The van der Waals surface area contributed by atoms with Gasteiger partial charge in [0.25, 0.3) is 0 Å². The third-order valence-corrected chi connectivity index (χ3v) is 3.66. The first-order valence-corrected chi connectivity index (χ1v) is 6.42. The van der Waals surface area contributed by atoms with Crippen molar-refractivity contribution in [1.82, 2.24) is 4.81 Å². The van der Waals surface area contributed by atoms with Crippen LogP contribution in [0.15, 0.2) is 18.2 Å². The Hall–Kier alpha value is -1.04. The highest BCUT2D eigenvalue weighted by molar-refractivity contribution is 6.45. The van der Waals surface area contributed by atoms with E-state index in [4.69, 9.17) is 11.6 Å². The van der Waals surface area contributed by atoms with Crippen LogP contribution in [0.5, 0.6) is 0 Å². The Balaban J connectivity index is 2.15. The number of nitrogens with zero attached hydrogens (tertiary/aromatic N) is 2. The zero-order valence-electron chi connectivity index (χ0n) is 10.3. The quantitative estimate of drug-likeness (QED) is 0.663. The molecule has 0 saturated carbocycles. The summed E-state index contributed by atoms with van der Waals surface area (Å²) in [6.07, 6.45) is 0.804. The molecule has 18 heavy (non-hydrogen) atoms. The van der Waals surface area contributed by atoms with Gasteiger partial charge in [-0.3, -0.25) is 4.79 Å². The van der Waals surface area contributed by atoms with Gasteiger partial charge < -0.3 is 14.7 Å². The molecule has 0 aliphatic carbocycles. The van der Waals surface area contributed by atoms with Crippen LogP contribution in [0.4, 0.5) is 5.69 Å². The normalized spacial score (nSPS) is 16.7. The van der Waals surface area contributed by atoms with Crippen LogP contribution in [0.25, 0.3) is 0 Å². The smallest absolute Gasteiger partial charge is 0.376 e. The van der Waals surface area contributed by atoms with E-state index >= 15 is 0 Å². The number of benzene rings is 1. The summed E-state index contributed by atoms with van der Waals surface area (Å²) in [5.41, 5.74) is 1.42. The van der Waals surface area contributed by atoms with Crippen molar-refractivity contribution in [2.75, 3.05) is 31.1 Å². The molecule has 4 nitrogen and oxygen atoms in total. The molecule has 1 heterocycles. The van der Waals surface area contributed by atoms with Crippen molar-refractivity contribution in [2.24, 2.45) is 0 Å². The molecule has 1 fully saturated rings. The first-order valence-electron chi connectivity index (χ1n) is 6.04. The van der Waals surface area contributed by atoms with Crippen molar-refractivity contribution in [1.29, 1.82) is 0 Å². The van der Waals surface area contributed by atoms with Gasteiger partial charge in [0.2, 0.25) is 0 Å². The lowest BCUT2D eigenvalue weighted by molar-refractivity contribution is 0.112. The van der Waals surface area contributed by atoms with Crippen LogP contribution in [0, 0.1) is 0 Å². The summed E-state index contributed by atoms with van der Waals surface area (Å²) >= 11 is 6.02. The number of aldehydes is 1.